The van der Waals surface area contributed by atoms with Crippen LogP contribution in [0.2, 0.25) is 0 Å². The highest BCUT2D eigenvalue weighted by Gasteiger charge is 2.12. The highest BCUT2D eigenvalue weighted by molar-refractivity contribution is 7.99. The molecule has 0 aliphatic rings. The number of aromatic nitrogens is 3. The van der Waals surface area contributed by atoms with Crippen LogP contribution in [0.1, 0.15) is 47.4 Å². The predicted molar refractivity (Wildman–Crippen MR) is 138 cm³/mol. The molecule has 34 heavy (non-hydrogen) atoms. The number of aromatic amines is 1. The van der Waals surface area contributed by atoms with Crippen LogP contribution in [-0.2, 0) is 0 Å². The van der Waals surface area contributed by atoms with Crippen molar-refractivity contribution in [1.29, 1.82) is 0 Å². The minimum Gasteiger partial charge on any atom is -0.396 e. The number of carbonyl (C=O) groups excluding carboxylic acids is 1. The predicted octanol–water partition coefficient (Wildman–Crippen LogP) is 5.56. The van der Waals surface area contributed by atoms with E-state index in [1.165, 1.54) is 0 Å². The van der Waals surface area contributed by atoms with Gasteiger partial charge in [0.05, 0.1) is 22.5 Å². The number of carbonyl (C=O) groups is 1. The maximum atomic E-state index is 12.8. The zero-order chi connectivity index (χ0) is 23.6. The number of H-pyrrole nitrogens is 1. The molecule has 1 amide bonds. The molecule has 0 aliphatic carbocycles. The first-order chi connectivity index (χ1) is 16.7. The van der Waals surface area contributed by atoms with Gasteiger partial charge in [0.25, 0.3) is 5.91 Å². The van der Waals surface area contributed by atoms with Gasteiger partial charge in [-0.05, 0) is 67.5 Å². The van der Waals surface area contributed by atoms with Gasteiger partial charge in [-0.25, -0.2) is 0 Å². The van der Waals surface area contributed by atoms with Gasteiger partial charge in [-0.15, -0.1) is 0 Å². The Hall–Kier alpha value is -3.42. The summed E-state index contributed by atoms with van der Waals surface area (Å²) in [5.41, 5.74) is 3.35. The van der Waals surface area contributed by atoms with Gasteiger partial charge in [0.1, 0.15) is 0 Å². The van der Waals surface area contributed by atoms with E-state index in [1.54, 1.807) is 18.0 Å². The maximum absolute atomic E-state index is 12.8. The first kappa shape index (κ1) is 23.7. The summed E-state index contributed by atoms with van der Waals surface area (Å²) in [7, 11) is 0. The number of nitrogens with zero attached hydrogens (tertiary/aromatic N) is 2. The monoisotopic (exact) mass is 472 g/mol. The number of hydrogen-bond acceptors (Lipinski definition) is 5. The van der Waals surface area contributed by atoms with E-state index in [0.717, 1.165) is 57.8 Å². The highest BCUT2D eigenvalue weighted by Crippen LogP contribution is 2.33. The number of amides is 1. The van der Waals surface area contributed by atoms with E-state index < -0.39 is 0 Å². The van der Waals surface area contributed by atoms with Crippen molar-refractivity contribution in [3.63, 3.8) is 0 Å². The second-order valence-corrected chi connectivity index (χ2v) is 9.01. The molecule has 0 spiro atoms. The van der Waals surface area contributed by atoms with Crippen molar-refractivity contribution < 1.29 is 9.90 Å². The van der Waals surface area contributed by atoms with Crippen LogP contribution in [0, 0.1) is 0 Å². The Bertz CT molecular complexity index is 1250. The molecule has 2 aromatic carbocycles. The first-order valence-corrected chi connectivity index (χ1v) is 12.3. The lowest BCUT2D eigenvalue weighted by atomic mass is 10.2. The number of nitrogens with one attached hydrogen (secondary N) is 2. The number of unbranched alkanes of at least 4 members (excludes halogenated alkanes) is 3. The minimum absolute atomic E-state index is 0.0604. The van der Waals surface area contributed by atoms with Crippen molar-refractivity contribution >= 4 is 40.7 Å². The van der Waals surface area contributed by atoms with Crippen LogP contribution in [0.4, 0.5) is 0 Å². The number of aliphatic hydroxyl groups is 1. The molecule has 0 saturated carbocycles. The largest absolute Gasteiger partial charge is 0.396 e. The lowest BCUT2D eigenvalue weighted by molar-refractivity contribution is 0.0950. The van der Waals surface area contributed by atoms with E-state index in [9.17, 15) is 4.79 Å². The molecule has 4 aromatic rings. The van der Waals surface area contributed by atoms with Crippen LogP contribution in [0.5, 0.6) is 0 Å². The Morgan fingerprint density at radius 3 is 2.71 bits per heavy atom. The Morgan fingerprint density at radius 1 is 1.00 bits per heavy atom. The standard InChI is InChI=1S/C27H28N4O2S/c32-18-8-2-1-6-17-29-27(33)23-10-3-4-11-26(23)34-21-13-14-22-24(30-31-25(22)19-21)15-12-20-9-5-7-16-28-20/h3-5,7,9-16,19,32H,1-2,6,8,17-18H2,(H,29,33)(H,30,31)/b15-12+. The highest BCUT2D eigenvalue weighted by atomic mass is 32.2. The number of rotatable bonds is 11. The van der Waals surface area contributed by atoms with Gasteiger partial charge in [0, 0.05) is 34.5 Å². The lowest BCUT2D eigenvalue weighted by Gasteiger charge is -2.10. The van der Waals surface area contributed by atoms with Gasteiger partial charge in [0.15, 0.2) is 0 Å². The van der Waals surface area contributed by atoms with E-state index in [-0.39, 0.29) is 12.5 Å². The molecule has 0 saturated heterocycles. The van der Waals surface area contributed by atoms with Crippen molar-refractivity contribution in [1.82, 2.24) is 20.5 Å². The van der Waals surface area contributed by atoms with Crippen molar-refractivity contribution in [3.8, 4) is 0 Å². The average Bonchev–Trinajstić information content (AvgIpc) is 3.28. The third-order valence-corrected chi connectivity index (χ3v) is 6.46. The first-order valence-electron chi connectivity index (χ1n) is 11.5. The minimum atomic E-state index is -0.0604. The maximum Gasteiger partial charge on any atom is 0.252 e. The fourth-order valence-corrected chi connectivity index (χ4v) is 4.59. The van der Waals surface area contributed by atoms with Crippen LogP contribution in [0.15, 0.2) is 76.7 Å². The van der Waals surface area contributed by atoms with Gasteiger partial charge >= 0.3 is 0 Å². The van der Waals surface area contributed by atoms with Crippen molar-refractivity contribution in [2.24, 2.45) is 0 Å². The van der Waals surface area contributed by atoms with Crippen LogP contribution < -0.4 is 5.32 Å². The third kappa shape index (κ3) is 6.34. The quantitative estimate of drug-likeness (QED) is 0.249. The molecule has 174 valence electrons. The van der Waals surface area contributed by atoms with E-state index in [2.05, 4.69) is 32.6 Å². The lowest BCUT2D eigenvalue weighted by Crippen LogP contribution is -2.24. The molecule has 2 heterocycles. The molecule has 6 nitrogen and oxygen atoms in total. The zero-order valence-electron chi connectivity index (χ0n) is 18.9. The molecular formula is C27H28N4O2S. The summed E-state index contributed by atoms with van der Waals surface area (Å²) >= 11 is 1.56. The van der Waals surface area contributed by atoms with Gasteiger partial charge in [0.2, 0.25) is 0 Å². The summed E-state index contributed by atoms with van der Waals surface area (Å²) in [6.07, 6.45) is 9.38. The fourth-order valence-electron chi connectivity index (χ4n) is 3.61. The summed E-state index contributed by atoms with van der Waals surface area (Å²) in [6, 6.07) is 19.6. The van der Waals surface area contributed by atoms with E-state index >= 15 is 0 Å². The topological polar surface area (TPSA) is 90.9 Å². The van der Waals surface area contributed by atoms with E-state index in [4.69, 9.17) is 5.11 Å². The summed E-state index contributed by atoms with van der Waals surface area (Å²) in [4.78, 5) is 19.0. The molecule has 3 N–H and O–H groups in total. The summed E-state index contributed by atoms with van der Waals surface area (Å²) in [5, 5.41) is 20.5. The molecule has 0 bridgehead atoms. The van der Waals surface area contributed by atoms with Crippen LogP contribution >= 0.6 is 11.8 Å². The molecule has 0 unspecified atom stereocenters. The smallest absolute Gasteiger partial charge is 0.252 e. The number of pyridine rings is 1. The summed E-state index contributed by atoms with van der Waals surface area (Å²) < 4.78 is 0. The Kier molecular flexibility index (Phi) is 8.48. The van der Waals surface area contributed by atoms with Crippen LogP contribution in [-0.4, -0.2) is 39.3 Å². The van der Waals surface area contributed by atoms with E-state index in [0.29, 0.717) is 12.1 Å². The van der Waals surface area contributed by atoms with Crippen LogP contribution in [0.25, 0.3) is 23.1 Å². The van der Waals surface area contributed by atoms with Gasteiger partial charge in [-0.3, -0.25) is 14.9 Å². The Labute approximate surface area is 203 Å². The molecular weight excluding hydrogens is 444 g/mol. The SMILES string of the molecule is O=C(NCCCCCCO)c1ccccc1Sc1ccc2c(/C=C/c3ccccn3)n[nH]c2c1. The van der Waals surface area contributed by atoms with Gasteiger partial charge in [-0.2, -0.15) is 5.10 Å². The number of benzene rings is 2. The molecule has 7 heteroatoms. The zero-order valence-corrected chi connectivity index (χ0v) is 19.7. The Morgan fingerprint density at radius 2 is 1.85 bits per heavy atom. The molecule has 4 rings (SSSR count). The van der Waals surface area contributed by atoms with Crippen LogP contribution in [0.3, 0.4) is 0 Å². The molecule has 2 aromatic heterocycles. The van der Waals surface area contributed by atoms with E-state index in [1.807, 2.05) is 60.7 Å². The molecule has 0 atom stereocenters. The van der Waals surface area contributed by atoms with Crippen molar-refractivity contribution in [2.45, 2.75) is 35.5 Å². The summed E-state index contributed by atoms with van der Waals surface area (Å²) in [6.45, 7) is 0.864. The molecule has 0 fully saturated rings. The van der Waals surface area contributed by atoms with Crippen molar-refractivity contribution in [2.75, 3.05) is 13.2 Å². The van der Waals surface area contributed by atoms with Gasteiger partial charge < -0.3 is 10.4 Å². The molecule has 0 radical (unpaired) electrons. The second-order valence-electron chi connectivity index (χ2n) is 7.90. The molecule has 0 aliphatic heterocycles. The van der Waals surface area contributed by atoms with Crippen molar-refractivity contribution in [3.05, 3.63) is 83.8 Å². The van der Waals surface area contributed by atoms with Gasteiger partial charge in [-0.1, -0.05) is 42.8 Å². The third-order valence-electron chi connectivity index (χ3n) is 5.39. The number of fused-ring (bicyclic) bond motifs is 1. The second kappa shape index (κ2) is 12.2. The fraction of sp³-hybridized carbons (Fsp3) is 0.222. The number of aliphatic hydroxyl groups excluding tert-OH is 1. The normalized spacial score (nSPS) is 11.3. The summed E-state index contributed by atoms with van der Waals surface area (Å²) in [5.74, 6) is -0.0604. The average molecular weight is 473 g/mol. The Balaban J connectivity index is 1.43. The number of hydrogen-bond donors (Lipinski definition) is 3.